The highest BCUT2D eigenvalue weighted by atomic mass is 79.9. The van der Waals surface area contributed by atoms with Crippen LogP contribution in [0.25, 0.3) is 0 Å². The smallest absolute Gasteiger partial charge is 0.140 e. The lowest BCUT2D eigenvalue weighted by Crippen LogP contribution is -2.21. The number of Topliss-reactive ketones (excluding diaryl/α,β-unsaturated/α-hetero) is 2. The van der Waals surface area contributed by atoms with E-state index in [-0.39, 0.29) is 23.9 Å². The predicted octanol–water partition coefficient (Wildman–Crippen LogP) is 2.85. The van der Waals surface area contributed by atoms with Crippen LogP contribution >= 0.6 is 15.9 Å². The highest BCUT2D eigenvalue weighted by Crippen LogP contribution is 2.30. The van der Waals surface area contributed by atoms with E-state index < -0.39 is 0 Å². The molecule has 1 aliphatic carbocycles. The fraction of sp³-hybridized carbons (Fsp3) is 0.333. The molecule has 15 heavy (non-hydrogen) atoms. The molecule has 0 aromatic heterocycles. The van der Waals surface area contributed by atoms with Gasteiger partial charge in [0.05, 0.1) is 6.42 Å². The molecule has 0 spiro atoms. The van der Waals surface area contributed by atoms with Crippen molar-refractivity contribution in [1.29, 1.82) is 0 Å². The van der Waals surface area contributed by atoms with Crippen molar-refractivity contribution in [3.8, 4) is 0 Å². The van der Waals surface area contributed by atoms with Crippen molar-refractivity contribution in [3.05, 3.63) is 34.3 Å². The molecule has 0 unspecified atom stereocenters. The summed E-state index contributed by atoms with van der Waals surface area (Å²) >= 11 is 3.39. The molecule has 0 bridgehead atoms. The Morgan fingerprint density at radius 3 is 2.40 bits per heavy atom. The van der Waals surface area contributed by atoms with E-state index in [0.717, 1.165) is 10.0 Å². The van der Waals surface area contributed by atoms with Crippen LogP contribution in [-0.2, 0) is 9.59 Å². The number of hydrogen-bond donors (Lipinski definition) is 0. The zero-order valence-electron chi connectivity index (χ0n) is 8.20. The maximum atomic E-state index is 11.3. The third-order valence-electron chi connectivity index (χ3n) is 2.66. The Hall–Kier alpha value is -0.960. The van der Waals surface area contributed by atoms with Crippen molar-refractivity contribution in [2.45, 2.75) is 25.2 Å². The van der Waals surface area contributed by atoms with Gasteiger partial charge in [-0.3, -0.25) is 9.59 Å². The van der Waals surface area contributed by atoms with Gasteiger partial charge in [0, 0.05) is 17.3 Å². The van der Waals surface area contributed by atoms with Gasteiger partial charge in [-0.1, -0.05) is 28.1 Å². The Morgan fingerprint density at radius 2 is 1.80 bits per heavy atom. The molecule has 1 aliphatic rings. The standard InChI is InChI=1S/C12H11BrO2/c13-10-3-1-2-8(4-10)9-5-11(14)7-12(15)6-9/h1-4,9H,5-7H2. The van der Waals surface area contributed by atoms with Crippen LogP contribution in [0.5, 0.6) is 0 Å². The lowest BCUT2D eigenvalue weighted by molar-refractivity contribution is -0.130. The zero-order chi connectivity index (χ0) is 10.8. The topological polar surface area (TPSA) is 34.1 Å². The minimum atomic E-state index is 0.0659. The lowest BCUT2D eigenvalue weighted by Gasteiger charge is -2.20. The van der Waals surface area contributed by atoms with Crippen molar-refractivity contribution in [1.82, 2.24) is 0 Å². The number of carbonyl (C=O) groups excluding carboxylic acids is 2. The summed E-state index contributed by atoms with van der Waals surface area (Å²) in [5.41, 5.74) is 1.07. The molecule has 0 atom stereocenters. The van der Waals surface area contributed by atoms with Gasteiger partial charge in [0.25, 0.3) is 0 Å². The predicted molar refractivity (Wildman–Crippen MR) is 60.7 cm³/mol. The van der Waals surface area contributed by atoms with E-state index in [1.54, 1.807) is 0 Å². The Kier molecular flexibility index (Phi) is 3.00. The highest BCUT2D eigenvalue weighted by molar-refractivity contribution is 9.10. The van der Waals surface area contributed by atoms with Crippen LogP contribution in [0, 0.1) is 0 Å². The summed E-state index contributed by atoms with van der Waals surface area (Å²) in [6.45, 7) is 0. The molecule has 78 valence electrons. The number of benzene rings is 1. The number of halogens is 1. The van der Waals surface area contributed by atoms with Crippen molar-refractivity contribution in [2.24, 2.45) is 0 Å². The molecular formula is C12H11BrO2. The highest BCUT2D eigenvalue weighted by Gasteiger charge is 2.26. The van der Waals surface area contributed by atoms with Crippen LogP contribution in [0.15, 0.2) is 28.7 Å². The van der Waals surface area contributed by atoms with Crippen molar-refractivity contribution in [2.75, 3.05) is 0 Å². The van der Waals surface area contributed by atoms with E-state index in [9.17, 15) is 9.59 Å². The average Bonchev–Trinajstić information content (AvgIpc) is 2.16. The Morgan fingerprint density at radius 1 is 1.13 bits per heavy atom. The maximum Gasteiger partial charge on any atom is 0.140 e. The molecule has 2 rings (SSSR count). The molecule has 0 heterocycles. The molecule has 0 aliphatic heterocycles. The molecule has 1 aromatic rings. The first-order valence-corrected chi connectivity index (χ1v) is 5.73. The van der Waals surface area contributed by atoms with E-state index in [2.05, 4.69) is 15.9 Å². The van der Waals surface area contributed by atoms with Gasteiger partial charge in [0.15, 0.2) is 0 Å². The second-order valence-corrected chi connectivity index (χ2v) is 4.83. The number of hydrogen-bond acceptors (Lipinski definition) is 2. The summed E-state index contributed by atoms with van der Waals surface area (Å²) in [6.07, 6.45) is 1.13. The van der Waals surface area contributed by atoms with E-state index in [4.69, 9.17) is 0 Å². The van der Waals surface area contributed by atoms with Crippen LogP contribution in [0.2, 0.25) is 0 Å². The zero-order valence-corrected chi connectivity index (χ0v) is 9.79. The second kappa shape index (κ2) is 4.27. The van der Waals surface area contributed by atoms with Crippen LogP contribution in [0.4, 0.5) is 0 Å². The number of carbonyl (C=O) groups is 2. The first-order chi connectivity index (χ1) is 7.15. The van der Waals surface area contributed by atoms with Gasteiger partial charge < -0.3 is 0 Å². The van der Waals surface area contributed by atoms with E-state index >= 15 is 0 Å². The van der Waals surface area contributed by atoms with Crippen LogP contribution in [0.1, 0.15) is 30.7 Å². The third-order valence-corrected chi connectivity index (χ3v) is 3.16. The lowest BCUT2D eigenvalue weighted by atomic mass is 9.83. The van der Waals surface area contributed by atoms with Crippen molar-refractivity contribution in [3.63, 3.8) is 0 Å². The van der Waals surface area contributed by atoms with E-state index in [0.29, 0.717) is 12.8 Å². The summed E-state index contributed by atoms with van der Waals surface area (Å²) in [6, 6.07) is 7.83. The van der Waals surface area contributed by atoms with Crippen LogP contribution in [0.3, 0.4) is 0 Å². The Labute approximate surface area is 96.8 Å². The van der Waals surface area contributed by atoms with E-state index in [1.165, 1.54) is 0 Å². The van der Waals surface area contributed by atoms with Crippen molar-refractivity contribution >= 4 is 27.5 Å². The van der Waals surface area contributed by atoms with Gasteiger partial charge in [-0.15, -0.1) is 0 Å². The number of ketones is 2. The van der Waals surface area contributed by atoms with Crippen molar-refractivity contribution < 1.29 is 9.59 Å². The first-order valence-electron chi connectivity index (χ1n) is 4.94. The average molecular weight is 267 g/mol. The summed E-state index contributed by atoms with van der Waals surface area (Å²) in [5, 5.41) is 0. The van der Waals surface area contributed by atoms with Gasteiger partial charge in [-0.25, -0.2) is 0 Å². The van der Waals surface area contributed by atoms with Gasteiger partial charge in [-0.05, 0) is 23.6 Å². The SMILES string of the molecule is O=C1CC(=O)CC(c2cccc(Br)c2)C1. The Balaban J connectivity index is 2.23. The molecule has 0 saturated heterocycles. The molecule has 0 N–H and O–H groups in total. The third kappa shape index (κ3) is 2.53. The normalized spacial score (nSPS) is 18.2. The first kappa shape index (κ1) is 10.6. The van der Waals surface area contributed by atoms with Crippen LogP contribution in [-0.4, -0.2) is 11.6 Å². The molecule has 2 nitrogen and oxygen atoms in total. The molecule has 0 radical (unpaired) electrons. The van der Waals surface area contributed by atoms with E-state index in [1.807, 2.05) is 24.3 Å². The van der Waals surface area contributed by atoms with Gasteiger partial charge in [-0.2, -0.15) is 0 Å². The Bertz CT molecular complexity index is 396. The monoisotopic (exact) mass is 266 g/mol. The molecule has 1 fully saturated rings. The van der Waals surface area contributed by atoms with Crippen LogP contribution < -0.4 is 0 Å². The quantitative estimate of drug-likeness (QED) is 0.733. The molecule has 0 amide bonds. The van der Waals surface area contributed by atoms with Gasteiger partial charge >= 0.3 is 0 Å². The fourth-order valence-electron chi connectivity index (χ4n) is 1.98. The molecular weight excluding hydrogens is 256 g/mol. The largest absolute Gasteiger partial charge is 0.299 e. The summed E-state index contributed by atoms with van der Waals surface area (Å²) < 4.78 is 0.991. The summed E-state index contributed by atoms with van der Waals surface area (Å²) in [7, 11) is 0. The minimum absolute atomic E-state index is 0.0659. The van der Waals surface area contributed by atoms with Gasteiger partial charge in [0.2, 0.25) is 0 Å². The number of rotatable bonds is 1. The molecule has 1 aromatic carbocycles. The van der Waals surface area contributed by atoms with Gasteiger partial charge in [0.1, 0.15) is 11.6 Å². The molecule has 1 saturated carbocycles. The summed E-state index contributed by atoms with van der Waals surface area (Å²) in [5.74, 6) is 0.212. The summed E-state index contributed by atoms with van der Waals surface area (Å²) in [4.78, 5) is 22.6. The fourth-order valence-corrected chi connectivity index (χ4v) is 2.40. The second-order valence-electron chi connectivity index (χ2n) is 3.91. The minimum Gasteiger partial charge on any atom is -0.299 e. The molecule has 3 heteroatoms. The maximum absolute atomic E-state index is 11.3.